The van der Waals surface area contributed by atoms with E-state index in [9.17, 15) is 14.7 Å². The van der Waals surface area contributed by atoms with Crippen LogP contribution in [-0.2, 0) is 30.3 Å². The maximum absolute atomic E-state index is 15.0. The Kier molecular flexibility index (Phi) is 9.65. The molecule has 6 atom stereocenters. The Bertz CT molecular complexity index is 1420. The maximum Gasteiger partial charge on any atom is 0.312 e. The van der Waals surface area contributed by atoms with Gasteiger partial charge in [-0.15, -0.1) is 13.2 Å². The number of anilines is 1. The van der Waals surface area contributed by atoms with Gasteiger partial charge in [0.15, 0.2) is 0 Å². The number of aliphatic hydroxyl groups excluding tert-OH is 1. The Labute approximate surface area is 266 Å². The predicted octanol–water partition coefficient (Wildman–Crippen LogP) is 5.09. The number of benzene rings is 2. The number of amides is 2. The topological polar surface area (TPSA) is 96.4 Å². The average molecular weight is 615 g/mol. The lowest BCUT2D eigenvalue weighted by Crippen LogP contribution is -2.59. The number of nitrogens with zero attached hydrogens (tertiary/aromatic N) is 2. The number of unbranched alkanes of at least 4 members (excludes halogenated alkanes) is 2. The largest absolute Gasteiger partial charge is 0.465 e. The lowest BCUT2D eigenvalue weighted by Gasteiger charge is -2.40. The second kappa shape index (κ2) is 13.3. The van der Waals surface area contributed by atoms with Crippen molar-refractivity contribution in [3.05, 3.63) is 90.5 Å². The van der Waals surface area contributed by atoms with Crippen molar-refractivity contribution >= 4 is 23.5 Å². The smallest absolute Gasteiger partial charge is 0.312 e. The number of aliphatic hydroxyl groups is 1. The number of carbonyl (C=O) groups is 3. The van der Waals surface area contributed by atoms with Crippen molar-refractivity contribution in [1.82, 2.24) is 4.90 Å². The Hall–Kier alpha value is -3.75. The van der Waals surface area contributed by atoms with E-state index < -0.39 is 41.1 Å². The lowest BCUT2D eigenvalue weighted by atomic mass is 9.66. The Morgan fingerprint density at radius 3 is 2.44 bits per heavy atom. The summed E-state index contributed by atoms with van der Waals surface area (Å²) in [7, 11) is 0. The molecule has 2 amide bonds. The minimum Gasteiger partial charge on any atom is -0.465 e. The van der Waals surface area contributed by atoms with E-state index in [4.69, 9.17) is 9.47 Å². The first kappa shape index (κ1) is 32.6. The fourth-order valence-electron chi connectivity index (χ4n) is 7.98. The molecule has 2 bridgehead atoms. The van der Waals surface area contributed by atoms with E-state index in [0.717, 1.165) is 35.2 Å². The first-order valence-electron chi connectivity index (χ1n) is 16.1. The molecule has 3 aliphatic heterocycles. The highest BCUT2D eigenvalue weighted by Crippen LogP contribution is 2.64. The van der Waals surface area contributed by atoms with Gasteiger partial charge in [0, 0.05) is 12.2 Å². The lowest BCUT2D eigenvalue weighted by molar-refractivity contribution is -0.160. The molecule has 8 heteroatoms. The van der Waals surface area contributed by atoms with Gasteiger partial charge in [-0.25, -0.2) is 0 Å². The zero-order valence-corrected chi connectivity index (χ0v) is 26.7. The zero-order chi connectivity index (χ0) is 32.4. The fourth-order valence-corrected chi connectivity index (χ4v) is 7.98. The molecule has 2 unspecified atom stereocenters. The molecule has 2 aromatic carbocycles. The second-order valence-corrected chi connectivity index (χ2v) is 12.9. The number of allylic oxidation sites excluding steroid dienone is 1. The van der Waals surface area contributed by atoms with E-state index >= 15 is 4.79 Å². The minimum atomic E-state index is -1.24. The Morgan fingerprint density at radius 2 is 1.80 bits per heavy atom. The van der Waals surface area contributed by atoms with Crippen LogP contribution in [0.25, 0.3) is 0 Å². The van der Waals surface area contributed by atoms with Crippen LogP contribution in [0.15, 0.2) is 73.8 Å². The van der Waals surface area contributed by atoms with E-state index in [-0.39, 0.29) is 31.6 Å². The molecule has 3 saturated heterocycles. The third-order valence-corrected chi connectivity index (χ3v) is 9.95. The van der Waals surface area contributed by atoms with Gasteiger partial charge in [0.05, 0.1) is 30.8 Å². The van der Waals surface area contributed by atoms with Gasteiger partial charge in [-0.1, -0.05) is 60.7 Å². The standard InChI is InChI=1S/C37H46N2O6/c1-6-8-9-13-22-44-35(43)30-29-33(41)39(28(24-40)23-27-17-11-10-12-18-27)32(37(29)20-19-36(30,5)45-37)34(42)38(21-7-2)31-25(3)15-14-16-26(31)4/h6-7,10-12,14-18,28-30,32,40H,1-2,8-9,13,19-24H2,3-5H3/t28-,29+,30+,32?,36-,37?/m1/s1. The fraction of sp³-hybridized carbons (Fsp3) is 0.486. The van der Waals surface area contributed by atoms with Crippen molar-refractivity contribution < 1.29 is 29.0 Å². The van der Waals surface area contributed by atoms with Crippen LogP contribution in [0.3, 0.4) is 0 Å². The van der Waals surface area contributed by atoms with Crippen LogP contribution < -0.4 is 4.90 Å². The van der Waals surface area contributed by atoms with Crippen molar-refractivity contribution in [3.63, 3.8) is 0 Å². The molecular formula is C37H46N2O6. The summed E-state index contributed by atoms with van der Waals surface area (Å²) in [6, 6.07) is 13.7. The Balaban J connectivity index is 1.58. The summed E-state index contributed by atoms with van der Waals surface area (Å²) in [6.07, 6.45) is 7.17. The second-order valence-electron chi connectivity index (χ2n) is 12.9. The van der Waals surface area contributed by atoms with Gasteiger partial charge >= 0.3 is 5.97 Å². The first-order chi connectivity index (χ1) is 21.6. The molecule has 1 spiro atoms. The number of hydrogen-bond donors (Lipinski definition) is 1. The molecule has 0 radical (unpaired) electrons. The molecule has 45 heavy (non-hydrogen) atoms. The summed E-state index contributed by atoms with van der Waals surface area (Å²) in [5, 5.41) is 10.8. The van der Waals surface area contributed by atoms with Gasteiger partial charge in [0.1, 0.15) is 17.6 Å². The van der Waals surface area contributed by atoms with Crippen LogP contribution in [0.4, 0.5) is 5.69 Å². The summed E-state index contributed by atoms with van der Waals surface area (Å²) in [4.78, 5) is 46.8. The van der Waals surface area contributed by atoms with Gasteiger partial charge in [-0.3, -0.25) is 14.4 Å². The normalized spacial score (nSPS) is 27.2. The molecule has 2 aromatic rings. The third-order valence-electron chi connectivity index (χ3n) is 9.95. The van der Waals surface area contributed by atoms with Crippen molar-refractivity contribution in [2.45, 2.75) is 82.6 Å². The summed E-state index contributed by atoms with van der Waals surface area (Å²) in [5.74, 6) is -2.88. The molecule has 5 rings (SSSR count). The molecule has 8 nitrogen and oxygen atoms in total. The van der Waals surface area contributed by atoms with Gasteiger partial charge < -0.3 is 24.4 Å². The van der Waals surface area contributed by atoms with Crippen LogP contribution >= 0.6 is 0 Å². The highest BCUT2D eigenvalue weighted by molar-refractivity contribution is 6.05. The number of esters is 1. The molecule has 0 aliphatic carbocycles. The number of ether oxygens (including phenoxy) is 2. The molecular weight excluding hydrogens is 568 g/mol. The van der Waals surface area contributed by atoms with E-state index in [1.165, 1.54) is 0 Å². The van der Waals surface area contributed by atoms with Crippen molar-refractivity contribution in [2.75, 3.05) is 24.7 Å². The van der Waals surface area contributed by atoms with Crippen molar-refractivity contribution in [2.24, 2.45) is 11.8 Å². The molecule has 1 N–H and O–H groups in total. The number of aryl methyl sites for hydroxylation is 2. The minimum absolute atomic E-state index is 0.222. The van der Waals surface area contributed by atoms with Gasteiger partial charge in [-0.05, 0) is 76.0 Å². The molecule has 0 saturated carbocycles. The van der Waals surface area contributed by atoms with E-state index in [2.05, 4.69) is 13.2 Å². The number of likely N-dealkylation sites (tertiary alicyclic amines) is 1. The van der Waals surface area contributed by atoms with E-state index in [1.54, 1.807) is 15.9 Å². The highest BCUT2D eigenvalue weighted by Gasteiger charge is 2.79. The number of hydrogen-bond acceptors (Lipinski definition) is 6. The van der Waals surface area contributed by atoms with Gasteiger partial charge in [-0.2, -0.15) is 0 Å². The number of carbonyl (C=O) groups excluding carboxylic acids is 3. The molecule has 0 aromatic heterocycles. The third kappa shape index (κ3) is 5.74. The molecule has 3 heterocycles. The average Bonchev–Trinajstić information content (AvgIpc) is 3.60. The number of rotatable bonds is 14. The first-order valence-corrected chi connectivity index (χ1v) is 16.1. The quantitative estimate of drug-likeness (QED) is 0.181. The van der Waals surface area contributed by atoms with Crippen LogP contribution in [0.5, 0.6) is 0 Å². The highest BCUT2D eigenvalue weighted by atomic mass is 16.6. The van der Waals surface area contributed by atoms with Crippen molar-refractivity contribution in [3.8, 4) is 0 Å². The van der Waals surface area contributed by atoms with Crippen LogP contribution in [0.1, 0.15) is 55.7 Å². The summed E-state index contributed by atoms with van der Waals surface area (Å²) >= 11 is 0. The predicted molar refractivity (Wildman–Crippen MR) is 174 cm³/mol. The zero-order valence-electron chi connectivity index (χ0n) is 26.7. The SMILES string of the molecule is C=CCCCCOC(=O)[C@@H]1[C@H]2C(=O)N([C@@H](CO)Cc3ccccc3)C(C(=O)N(CC=C)c3c(C)cccc3C)C23CC[C@@]1(C)O3. The number of para-hydroxylation sites is 1. The molecule has 3 aliphatic rings. The van der Waals surface area contributed by atoms with Crippen molar-refractivity contribution in [1.29, 1.82) is 0 Å². The summed E-state index contributed by atoms with van der Waals surface area (Å²) in [5.41, 5.74) is 1.33. The van der Waals surface area contributed by atoms with Gasteiger partial charge in [0.2, 0.25) is 5.91 Å². The van der Waals surface area contributed by atoms with Crippen LogP contribution in [-0.4, -0.2) is 70.8 Å². The maximum atomic E-state index is 15.0. The van der Waals surface area contributed by atoms with Gasteiger partial charge in [0.25, 0.3) is 5.91 Å². The molecule has 3 fully saturated rings. The number of fused-ring (bicyclic) bond motifs is 1. The monoisotopic (exact) mass is 614 g/mol. The summed E-state index contributed by atoms with van der Waals surface area (Å²) < 4.78 is 12.6. The Morgan fingerprint density at radius 1 is 1.09 bits per heavy atom. The van der Waals surface area contributed by atoms with E-state index in [0.29, 0.717) is 25.7 Å². The van der Waals surface area contributed by atoms with Crippen LogP contribution in [0, 0.1) is 25.7 Å². The van der Waals surface area contributed by atoms with E-state index in [1.807, 2.05) is 75.4 Å². The summed E-state index contributed by atoms with van der Waals surface area (Å²) in [6.45, 7) is 13.6. The van der Waals surface area contributed by atoms with Crippen LogP contribution in [0.2, 0.25) is 0 Å². The molecule has 240 valence electrons.